The average Bonchev–Trinajstić information content (AvgIpc) is 3.50. The summed E-state index contributed by atoms with van der Waals surface area (Å²) in [5, 5.41) is 5.92. The van der Waals surface area contributed by atoms with Gasteiger partial charge in [0.25, 0.3) is 11.4 Å². The lowest BCUT2D eigenvalue weighted by molar-refractivity contribution is 0.423. The van der Waals surface area contributed by atoms with Crippen molar-refractivity contribution in [3.63, 3.8) is 0 Å². The molecule has 0 atom stereocenters. The van der Waals surface area contributed by atoms with Crippen molar-refractivity contribution in [2.75, 3.05) is 11.5 Å². The molecule has 1 saturated carbocycles. The Morgan fingerprint density at radius 2 is 1.88 bits per heavy atom. The summed E-state index contributed by atoms with van der Waals surface area (Å²) in [4.78, 5) is 24.2. The molecule has 4 N–H and O–H groups in total. The van der Waals surface area contributed by atoms with Gasteiger partial charge in [-0.2, -0.15) is 4.98 Å². The molecule has 1 fully saturated rings. The molecule has 3 heterocycles. The Labute approximate surface area is 189 Å². The molecule has 1 aromatic carbocycles. The van der Waals surface area contributed by atoms with Crippen LogP contribution >= 0.6 is 11.6 Å². The zero-order valence-electron chi connectivity index (χ0n) is 17.9. The number of anilines is 2. The molecule has 4 aromatic rings. The van der Waals surface area contributed by atoms with Crippen molar-refractivity contribution in [3.8, 4) is 11.5 Å². The lowest BCUT2D eigenvalue weighted by atomic mass is 10.1. The minimum absolute atomic E-state index is 0.0763. The lowest BCUT2D eigenvalue weighted by Crippen LogP contribution is -2.22. The average molecular weight is 454 g/mol. The van der Waals surface area contributed by atoms with Crippen LogP contribution in [0.4, 0.5) is 11.6 Å². The predicted molar refractivity (Wildman–Crippen MR) is 124 cm³/mol. The van der Waals surface area contributed by atoms with Crippen molar-refractivity contribution >= 4 is 34.0 Å². The summed E-state index contributed by atoms with van der Waals surface area (Å²) in [7, 11) is 0. The first-order valence-corrected chi connectivity index (χ1v) is 10.8. The van der Waals surface area contributed by atoms with Gasteiger partial charge >= 0.3 is 0 Å². The zero-order valence-corrected chi connectivity index (χ0v) is 18.6. The van der Waals surface area contributed by atoms with Gasteiger partial charge < -0.3 is 20.6 Å². The summed E-state index contributed by atoms with van der Waals surface area (Å²) in [5.74, 6) is 1.30. The second-order valence-corrected chi connectivity index (χ2v) is 7.90. The van der Waals surface area contributed by atoms with Crippen LogP contribution in [0.5, 0.6) is 0 Å². The van der Waals surface area contributed by atoms with Crippen molar-refractivity contribution in [1.29, 1.82) is 0 Å². The molecule has 1 aliphatic carbocycles. The number of fused-ring (bicyclic) bond motifs is 1. The monoisotopic (exact) mass is 453 g/mol. The van der Waals surface area contributed by atoms with Crippen LogP contribution in [-0.2, 0) is 12.8 Å². The van der Waals surface area contributed by atoms with Gasteiger partial charge in [-0.25, -0.2) is 9.97 Å². The van der Waals surface area contributed by atoms with Crippen LogP contribution in [0.2, 0.25) is 5.02 Å². The molecule has 166 valence electrons. The van der Waals surface area contributed by atoms with Crippen molar-refractivity contribution in [2.24, 2.45) is 0 Å². The summed E-state index contributed by atoms with van der Waals surface area (Å²) < 4.78 is 6.94. The predicted octanol–water partition coefficient (Wildman–Crippen LogP) is 3.81. The smallest absolute Gasteiger partial charge is 0.265 e. The highest BCUT2D eigenvalue weighted by Gasteiger charge is 2.27. The van der Waals surface area contributed by atoms with E-state index in [0.29, 0.717) is 34.3 Å². The van der Waals surface area contributed by atoms with Crippen LogP contribution < -0.4 is 17.0 Å². The molecule has 9 nitrogen and oxygen atoms in total. The Bertz CT molecular complexity index is 1310. The van der Waals surface area contributed by atoms with Gasteiger partial charge in [-0.3, -0.25) is 4.79 Å². The van der Waals surface area contributed by atoms with Gasteiger partial charge in [0, 0.05) is 18.2 Å². The number of nitrogens with two attached hydrogens (primary N) is 2. The van der Waals surface area contributed by atoms with E-state index in [1.165, 1.54) is 6.33 Å². The molecule has 0 saturated heterocycles. The summed E-state index contributed by atoms with van der Waals surface area (Å²) in [6, 6.07) is 8.14. The van der Waals surface area contributed by atoms with Crippen LogP contribution in [0.25, 0.3) is 22.2 Å². The first kappa shape index (κ1) is 21.8. The van der Waals surface area contributed by atoms with E-state index in [2.05, 4.69) is 33.1 Å². The Kier molecular flexibility index (Phi) is 6.09. The lowest BCUT2D eigenvalue weighted by Gasteiger charge is -2.12. The largest absolute Gasteiger partial charge is 0.383 e. The number of rotatable bonds is 4. The minimum Gasteiger partial charge on any atom is -0.383 e. The summed E-state index contributed by atoms with van der Waals surface area (Å²) in [6.45, 7) is 4.01. The van der Waals surface area contributed by atoms with E-state index >= 15 is 0 Å². The number of benzene rings is 1. The number of aromatic nitrogens is 5. The molecular weight excluding hydrogens is 430 g/mol. The summed E-state index contributed by atoms with van der Waals surface area (Å²) in [5.41, 5.74) is 12.9. The van der Waals surface area contributed by atoms with Crippen LogP contribution in [0.3, 0.4) is 0 Å². The van der Waals surface area contributed by atoms with Gasteiger partial charge in [-0.15, -0.1) is 0 Å². The molecule has 0 aliphatic heterocycles. The molecule has 10 heteroatoms. The molecule has 3 aromatic heterocycles. The normalized spacial score (nSPS) is 13.1. The van der Waals surface area contributed by atoms with Crippen molar-refractivity contribution in [1.82, 2.24) is 24.7 Å². The molecule has 0 bridgehead atoms. The van der Waals surface area contributed by atoms with E-state index in [0.717, 1.165) is 30.3 Å². The molecule has 32 heavy (non-hydrogen) atoms. The zero-order chi connectivity index (χ0) is 22.8. The van der Waals surface area contributed by atoms with Gasteiger partial charge in [0.15, 0.2) is 5.82 Å². The first-order valence-electron chi connectivity index (χ1n) is 10.5. The summed E-state index contributed by atoms with van der Waals surface area (Å²) >= 11 is 6.14. The number of halogens is 1. The van der Waals surface area contributed by atoms with Crippen LogP contribution in [0.15, 0.2) is 39.9 Å². The molecule has 0 radical (unpaired) electrons. The number of pyridine rings is 1. The molecule has 1 aliphatic rings. The fourth-order valence-electron chi connectivity index (χ4n) is 3.52. The van der Waals surface area contributed by atoms with E-state index in [1.807, 2.05) is 23.6 Å². The van der Waals surface area contributed by atoms with Crippen LogP contribution in [0, 0.1) is 0 Å². The third-order valence-corrected chi connectivity index (χ3v) is 5.60. The number of aryl methyl sites for hydroxylation is 2. The minimum atomic E-state index is 0.0763. The molecule has 0 unspecified atom stereocenters. The van der Waals surface area contributed by atoms with Gasteiger partial charge in [-0.05, 0) is 36.8 Å². The Morgan fingerprint density at radius 1 is 1.16 bits per heavy atom. The standard InChI is InChI=1S/C14H14ClNO.C8H10N6O/c1-2-10-8-9-4-3-5-12(15)13(9)14(17)16(10)11-6-7-11;1-2-4-13-8(15-14-4)5-6(9)11-3-12-7(5)10/h3-5,8,11H,2,6-7H2,1H3;3H,2H2,1H3,(H4,9,10,11,12). The maximum atomic E-state index is 12.5. The topological polar surface area (TPSA) is 139 Å². The van der Waals surface area contributed by atoms with E-state index in [9.17, 15) is 4.79 Å². The van der Waals surface area contributed by atoms with Gasteiger partial charge in [0.1, 0.15) is 23.5 Å². The van der Waals surface area contributed by atoms with Crippen LogP contribution in [-0.4, -0.2) is 24.7 Å². The van der Waals surface area contributed by atoms with Gasteiger partial charge in [-0.1, -0.05) is 42.7 Å². The van der Waals surface area contributed by atoms with Gasteiger partial charge in [0.05, 0.1) is 10.4 Å². The molecule has 0 spiro atoms. The van der Waals surface area contributed by atoms with E-state index in [4.69, 9.17) is 27.6 Å². The quantitative estimate of drug-likeness (QED) is 0.475. The Hall–Kier alpha value is -3.46. The fraction of sp³-hybridized carbons (Fsp3) is 0.318. The SMILES string of the molecule is CCc1cc2cccc(Cl)c2c(=O)n1C1CC1.CCc1noc(-c2c(N)ncnc2N)n1. The molecule has 0 amide bonds. The van der Waals surface area contributed by atoms with Crippen molar-refractivity contribution in [2.45, 2.75) is 45.6 Å². The second-order valence-electron chi connectivity index (χ2n) is 7.49. The first-order chi connectivity index (χ1) is 15.4. The van der Waals surface area contributed by atoms with E-state index < -0.39 is 0 Å². The van der Waals surface area contributed by atoms with Crippen molar-refractivity contribution in [3.05, 3.63) is 57.5 Å². The highest BCUT2D eigenvalue weighted by molar-refractivity contribution is 6.35. The van der Waals surface area contributed by atoms with Gasteiger partial charge in [0.2, 0.25) is 0 Å². The second kappa shape index (κ2) is 8.96. The molecular formula is C22H24ClN7O2. The maximum absolute atomic E-state index is 12.5. The third kappa shape index (κ3) is 4.16. The summed E-state index contributed by atoms with van der Waals surface area (Å²) in [6.07, 6.45) is 5.07. The van der Waals surface area contributed by atoms with E-state index in [1.54, 1.807) is 6.07 Å². The highest BCUT2D eigenvalue weighted by atomic mass is 35.5. The van der Waals surface area contributed by atoms with Crippen LogP contribution in [0.1, 0.15) is 44.2 Å². The number of hydrogen-bond donors (Lipinski definition) is 2. The van der Waals surface area contributed by atoms with Crippen molar-refractivity contribution < 1.29 is 4.52 Å². The van der Waals surface area contributed by atoms with E-state index in [-0.39, 0.29) is 23.1 Å². The number of hydrogen-bond acceptors (Lipinski definition) is 8. The fourth-order valence-corrected chi connectivity index (χ4v) is 3.79. The molecule has 5 rings (SSSR count). The maximum Gasteiger partial charge on any atom is 0.265 e. The Morgan fingerprint density at radius 3 is 2.47 bits per heavy atom. The third-order valence-electron chi connectivity index (χ3n) is 5.29. The number of nitrogens with zero attached hydrogens (tertiary/aromatic N) is 5. The number of nitrogen functional groups attached to an aromatic ring is 2. The Balaban J connectivity index is 0.000000155. The highest BCUT2D eigenvalue weighted by Crippen LogP contribution is 2.36.